The number of halogens is 2. The predicted molar refractivity (Wildman–Crippen MR) is 91.0 cm³/mol. The third kappa shape index (κ3) is 6.19. The fraction of sp³-hybridized carbons (Fsp3) is 0.667. The van der Waals surface area contributed by atoms with Crippen LogP contribution in [0.1, 0.15) is 44.6 Å². The van der Waals surface area contributed by atoms with Gasteiger partial charge in [0.25, 0.3) is 16.5 Å². The van der Waals surface area contributed by atoms with Gasteiger partial charge in [0.2, 0.25) is 0 Å². The van der Waals surface area contributed by atoms with Crippen LogP contribution in [0.15, 0.2) is 18.3 Å². The summed E-state index contributed by atoms with van der Waals surface area (Å²) >= 11 is 0. The van der Waals surface area contributed by atoms with E-state index in [4.69, 9.17) is 8.61 Å². The van der Waals surface area contributed by atoms with Gasteiger partial charge < -0.3 is 4.43 Å². The Bertz CT molecular complexity index is 642. The van der Waals surface area contributed by atoms with Crippen LogP contribution in [0.4, 0.5) is 8.78 Å². The van der Waals surface area contributed by atoms with Crippen LogP contribution in [0, 0.1) is 0 Å². The second-order valence-electron chi connectivity index (χ2n) is 7.18. The standard InChI is InChI=1S/C15H25F2NO4SSi/c1-15(2,3)24(5,6)21-10-13(22-23(4,19)20)11-7-8-12(14(16)17)18-9-11/h7-9,13-14H,10H2,1-6H3. The first-order chi connectivity index (χ1) is 10.7. The quantitative estimate of drug-likeness (QED) is 0.526. The van der Waals surface area contributed by atoms with Crippen molar-refractivity contribution in [2.45, 2.75) is 51.4 Å². The first-order valence-electron chi connectivity index (χ1n) is 7.49. The van der Waals surface area contributed by atoms with E-state index in [0.29, 0.717) is 5.56 Å². The molecule has 24 heavy (non-hydrogen) atoms. The summed E-state index contributed by atoms with van der Waals surface area (Å²) in [4.78, 5) is 3.65. The molecule has 1 aromatic heterocycles. The Labute approximate surface area is 143 Å². The van der Waals surface area contributed by atoms with Crippen molar-refractivity contribution in [3.05, 3.63) is 29.6 Å². The molecule has 0 saturated heterocycles. The fourth-order valence-corrected chi connectivity index (χ4v) is 3.22. The Morgan fingerprint density at radius 1 is 1.25 bits per heavy atom. The van der Waals surface area contributed by atoms with Crippen molar-refractivity contribution in [3.63, 3.8) is 0 Å². The van der Waals surface area contributed by atoms with Gasteiger partial charge in [0.1, 0.15) is 11.8 Å². The van der Waals surface area contributed by atoms with E-state index in [9.17, 15) is 17.2 Å². The minimum absolute atomic E-state index is 0.0132. The molecular formula is C15H25F2NO4SSi. The van der Waals surface area contributed by atoms with E-state index in [1.54, 1.807) is 0 Å². The molecule has 0 aliphatic rings. The molecule has 5 nitrogen and oxygen atoms in total. The minimum atomic E-state index is -3.74. The first kappa shape index (κ1) is 21.1. The van der Waals surface area contributed by atoms with E-state index >= 15 is 0 Å². The molecule has 1 heterocycles. The number of hydrogen-bond donors (Lipinski definition) is 0. The molecule has 1 aromatic rings. The van der Waals surface area contributed by atoms with Gasteiger partial charge in [0.05, 0.1) is 12.9 Å². The SMILES string of the molecule is CC(C)(C)[Si](C)(C)OCC(OS(C)(=O)=O)c1ccc(C(F)F)nc1. The number of rotatable bonds is 7. The summed E-state index contributed by atoms with van der Waals surface area (Å²) in [5.41, 5.74) is 0.00528. The molecule has 1 atom stereocenters. The van der Waals surface area contributed by atoms with Gasteiger partial charge in [-0.3, -0.25) is 9.17 Å². The first-order valence-corrected chi connectivity index (χ1v) is 12.2. The highest BCUT2D eigenvalue weighted by molar-refractivity contribution is 7.86. The Kier molecular flexibility index (Phi) is 6.65. The molecule has 9 heteroatoms. The van der Waals surface area contributed by atoms with Gasteiger partial charge in [-0.25, -0.2) is 8.78 Å². The fourth-order valence-electron chi connectivity index (χ4n) is 1.63. The van der Waals surface area contributed by atoms with E-state index in [0.717, 1.165) is 12.3 Å². The summed E-state index contributed by atoms with van der Waals surface area (Å²) in [6.45, 7) is 10.3. The summed E-state index contributed by atoms with van der Waals surface area (Å²) in [5.74, 6) is 0. The Morgan fingerprint density at radius 3 is 2.21 bits per heavy atom. The monoisotopic (exact) mass is 381 g/mol. The molecule has 1 rings (SSSR count). The average molecular weight is 382 g/mol. The summed E-state index contributed by atoms with van der Waals surface area (Å²) in [5, 5.41) is -0.0551. The summed E-state index contributed by atoms with van der Waals surface area (Å²) in [6, 6.07) is 2.55. The predicted octanol–water partition coefficient (Wildman–Crippen LogP) is 4.06. The van der Waals surface area contributed by atoms with Gasteiger partial charge in [0.15, 0.2) is 8.32 Å². The molecule has 0 aromatic carbocycles. The second-order valence-corrected chi connectivity index (χ2v) is 13.6. The van der Waals surface area contributed by atoms with Crippen LogP contribution < -0.4 is 0 Å². The van der Waals surface area contributed by atoms with Gasteiger partial charge >= 0.3 is 0 Å². The molecule has 0 spiro atoms. The van der Waals surface area contributed by atoms with Crippen molar-refractivity contribution >= 4 is 18.4 Å². The van der Waals surface area contributed by atoms with Crippen molar-refractivity contribution < 1.29 is 25.8 Å². The van der Waals surface area contributed by atoms with Crippen LogP contribution in [-0.4, -0.2) is 34.6 Å². The van der Waals surface area contributed by atoms with Crippen LogP contribution in [-0.2, 0) is 18.7 Å². The Hall–Kier alpha value is -0.903. The van der Waals surface area contributed by atoms with E-state index in [1.807, 2.05) is 13.1 Å². The van der Waals surface area contributed by atoms with E-state index in [-0.39, 0.29) is 17.3 Å². The Balaban J connectivity index is 3.01. The third-order valence-corrected chi connectivity index (χ3v) is 9.18. The minimum Gasteiger partial charge on any atom is -0.414 e. The molecule has 0 aliphatic carbocycles. The second kappa shape index (κ2) is 7.55. The Morgan fingerprint density at radius 2 is 1.83 bits per heavy atom. The van der Waals surface area contributed by atoms with Gasteiger partial charge in [-0.15, -0.1) is 0 Å². The number of aromatic nitrogens is 1. The summed E-state index contributed by atoms with van der Waals surface area (Å²) < 4.78 is 59.3. The number of hydrogen-bond acceptors (Lipinski definition) is 5. The molecule has 0 fully saturated rings. The lowest BCUT2D eigenvalue weighted by atomic mass is 10.1. The summed E-state index contributed by atoms with van der Waals surface area (Å²) in [6.07, 6.45) is -1.47. The zero-order valence-electron chi connectivity index (χ0n) is 14.8. The molecule has 0 aliphatic heterocycles. The molecule has 138 valence electrons. The maximum absolute atomic E-state index is 12.6. The van der Waals surface area contributed by atoms with Crippen molar-refractivity contribution in [2.24, 2.45) is 0 Å². The number of pyridine rings is 1. The van der Waals surface area contributed by atoms with Gasteiger partial charge in [0, 0.05) is 11.8 Å². The molecular weight excluding hydrogens is 356 g/mol. The molecule has 0 saturated carbocycles. The van der Waals surface area contributed by atoms with Gasteiger partial charge in [-0.1, -0.05) is 26.8 Å². The highest BCUT2D eigenvalue weighted by Gasteiger charge is 2.38. The van der Waals surface area contributed by atoms with Crippen molar-refractivity contribution in [3.8, 4) is 0 Å². The van der Waals surface area contributed by atoms with Crippen LogP contribution >= 0.6 is 0 Å². The molecule has 0 bridgehead atoms. The lowest BCUT2D eigenvalue weighted by Crippen LogP contribution is -2.42. The normalized spacial score (nSPS) is 14.9. The average Bonchev–Trinajstić information content (AvgIpc) is 2.41. The number of nitrogens with zero attached hydrogens (tertiary/aromatic N) is 1. The zero-order chi connectivity index (χ0) is 18.8. The van der Waals surface area contributed by atoms with Crippen LogP contribution in [0.5, 0.6) is 0 Å². The zero-order valence-corrected chi connectivity index (χ0v) is 16.7. The maximum Gasteiger partial charge on any atom is 0.280 e. The van der Waals surface area contributed by atoms with Crippen LogP contribution in [0.3, 0.4) is 0 Å². The third-order valence-electron chi connectivity index (χ3n) is 4.10. The van der Waals surface area contributed by atoms with Crippen molar-refractivity contribution in [2.75, 3.05) is 12.9 Å². The molecule has 0 radical (unpaired) electrons. The maximum atomic E-state index is 12.6. The summed E-state index contributed by atoms with van der Waals surface area (Å²) in [7, 11) is -5.86. The van der Waals surface area contributed by atoms with Crippen LogP contribution in [0.2, 0.25) is 18.1 Å². The smallest absolute Gasteiger partial charge is 0.280 e. The van der Waals surface area contributed by atoms with E-state index < -0.39 is 31.0 Å². The van der Waals surface area contributed by atoms with E-state index in [2.05, 4.69) is 25.8 Å². The highest BCUT2D eigenvalue weighted by Crippen LogP contribution is 2.37. The topological polar surface area (TPSA) is 65.5 Å². The van der Waals surface area contributed by atoms with Crippen LogP contribution in [0.25, 0.3) is 0 Å². The lowest BCUT2D eigenvalue weighted by molar-refractivity contribution is 0.126. The lowest BCUT2D eigenvalue weighted by Gasteiger charge is -2.37. The van der Waals surface area contributed by atoms with Crippen molar-refractivity contribution in [1.82, 2.24) is 4.98 Å². The van der Waals surface area contributed by atoms with E-state index in [1.165, 1.54) is 12.3 Å². The van der Waals surface area contributed by atoms with Gasteiger partial charge in [-0.05, 0) is 24.2 Å². The van der Waals surface area contributed by atoms with Gasteiger partial charge in [-0.2, -0.15) is 8.42 Å². The number of alkyl halides is 2. The highest BCUT2D eigenvalue weighted by atomic mass is 32.2. The van der Waals surface area contributed by atoms with Crippen molar-refractivity contribution in [1.29, 1.82) is 0 Å². The largest absolute Gasteiger partial charge is 0.414 e. The molecule has 0 amide bonds. The molecule has 0 N–H and O–H groups in total. The molecule has 1 unspecified atom stereocenters.